The summed E-state index contributed by atoms with van der Waals surface area (Å²) in [7, 11) is 0. The predicted octanol–water partition coefficient (Wildman–Crippen LogP) is 4.82. The minimum atomic E-state index is -0.732. The standard InChI is InChI=1S/C19H20O3/c1-2-3-8-15(19(20)21)18-13-9-4-6-11-16(13)22-17-12-7-5-10-14(17)18/h4-7,9-12,15,18H,2-3,8H2,1H3,(H,20,21). The van der Waals surface area contributed by atoms with Crippen molar-refractivity contribution < 1.29 is 14.6 Å². The van der Waals surface area contributed by atoms with Crippen LogP contribution in [-0.2, 0) is 4.79 Å². The van der Waals surface area contributed by atoms with Gasteiger partial charge in [-0.25, -0.2) is 0 Å². The SMILES string of the molecule is CCCCC(C(=O)O)C1c2ccccc2Oc2ccccc21. The molecule has 1 N–H and O–H groups in total. The molecule has 1 heterocycles. The van der Waals surface area contributed by atoms with Crippen LogP contribution in [-0.4, -0.2) is 11.1 Å². The highest BCUT2D eigenvalue weighted by molar-refractivity contribution is 5.74. The van der Waals surface area contributed by atoms with Crippen molar-refractivity contribution >= 4 is 5.97 Å². The summed E-state index contributed by atoms with van der Waals surface area (Å²) in [6, 6.07) is 15.5. The summed E-state index contributed by atoms with van der Waals surface area (Å²) >= 11 is 0. The number of para-hydroxylation sites is 2. The number of unbranched alkanes of at least 4 members (excludes halogenated alkanes) is 1. The summed E-state index contributed by atoms with van der Waals surface area (Å²) < 4.78 is 5.95. The monoisotopic (exact) mass is 296 g/mol. The Bertz CT molecular complexity index is 632. The van der Waals surface area contributed by atoms with Crippen molar-refractivity contribution in [2.45, 2.75) is 32.1 Å². The second-order valence-corrected chi connectivity index (χ2v) is 5.74. The van der Waals surface area contributed by atoms with E-state index in [1.165, 1.54) is 0 Å². The van der Waals surface area contributed by atoms with Crippen LogP contribution >= 0.6 is 0 Å². The van der Waals surface area contributed by atoms with Crippen molar-refractivity contribution in [3.63, 3.8) is 0 Å². The zero-order chi connectivity index (χ0) is 15.5. The average Bonchev–Trinajstić information content (AvgIpc) is 2.54. The topological polar surface area (TPSA) is 46.5 Å². The van der Waals surface area contributed by atoms with Gasteiger partial charge in [-0.15, -0.1) is 0 Å². The third-order valence-corrected chi connectivity index (χ3v) is 4.32. The lowest BCUT2D eigenvalue weighted by atomic mass is 9.76. The fourth-order valence-electron chi connectivity index (χ4n) is 3.24. The molecule has 3 heteroatoms. The van der Waals surface area contributed by atoms with E-state index in [0.29, 0.717) is 6.42 Å². The molecule has 1 aliphatic heterocycles. The van der Waals surface area contributed by atoms with Crippen LogP contribution in [0.2, 0.25) is 0 Å². The van der Waals surface area contributed by atoms with Crippen molar-refractivity contribution in [3.05, 3.63) is 59.7 Å². The van der Waals surface area contributed by atoms with Crippen LogP contribution < -0.4 is 4.74 Å². The Hall–Kier alpha value is -2.29. The van der Waals surface area contributed by atoms with E-state index in [0.717, 1.165) is 35.5 Å². The Morgan fingerprint density at radius 3 is 2.14 bits per heavy atom. The number of carboxylic acids is 1. The van der Waals surface area contributed by atoms with Crippen LogP contribution in [0.1, 0.15) is 43.2 Å². The van der Waals surface area contributed by atoms with Gasteiger partial charge in [-0.3, -0.25) is 4.79 Å². The zero-order valence-corrected chi connectivity index (χ0v) is 12.7. The summed E-state index contributed by atoms with van der Waals surface area (Å²) in [4.78, 5) is 11.9. The van der Waals surface area contributed by atoms with Crippen molar-refractivity contribution in [1.82, 2.24) is 0 Å². The van der Waals surface area contributed by atoms with Gasteiger partial charge in [-0.1, -0.05) is 56.2 Å². The Balaban J connectivity index is 2.10. The van der Waals surface area contributed by atoms with E-state index in [1.807, 2.05) is 48.5 Å². The molecule has 1 atom stereocenters. The number of aliphatic carboxylic acids is 1. The number of fused-ring (bicyclic) bond motifs is 2. The van der Waals surface area contributed by atoms with Gasteiger partial charge in [-0.2, -0.15) is 0 Å². The first-order valence-corrected chi connectivity index (χ1v) is 7.81. The molecule has 0 saturated heterocycles. The molecule has 3 rings (SSSR count). The first kappa shape index (κ1) is 14.6. The Labute approximate surface area is 130 Å². The van der Waals surface area contributed by atoms with E-state index < -0.39 is 11.9 Å². The van der Waals surface area contributed by atoms with E-state index in [-0.39, 0.29) is 5.92 Å². The molecule has 0 radical (unpaired) electrons. The van der Waals surface area contributed by atoms with Crippen molar-refractivity contribution in [2.24, 2.45) is 5.92 Å². The molecule has 22 heavy (non-hydrogen) atoms. The quantitative estimate of drug-likeness (QED) is 0.860. The van der Waals surface area contributed by atoms with Gasteiger partial charge in [0.05, 0.1) is 5.92 Å². The Morgan fingerprint density at radius 2 is 1.64 bits per heavy atom. The van der Waals surface area contributed by atoms with E-state index in [9.17, 15) is 9.90 Å². The number of ether oxygens (including phenoxy) is 1. The van der Waals surface area contributed by atoms with Crippen molar-refractivity contribution in [3.8, 4) is 11.5 Å². The maximum atomic E-state index is 11.9. The highest BCUT2D eigenvalue weighted by Crippen LogP contribution is 2.48. The average molecular weight is 296 g/mol. The smallest absolute Gasteiger partial charge is 0.307 e. The first-order chi connectivity index (χ1) is 10.7. The third-order valence-electron chi connectivity index (χ3n) is 4.32. The number of carboxylic acid groups (broad SMARTS) is 1. The number of benzene rings is 2. The fourth-order valence-corrected chi connectivity index (χ4v) is 3.24. The van der Waals surface area contributed by atoms with Crippen LogP contribution in [0.4, 0.5) is 0 Å². The summed E-state index contributed by atoms with van der Waals surface area (Å²) in [5.74, 6) is 0.240. The number of rotatable bonds is 5. The van der Waals surface area contributed by atoms with Gasteiger partial charge in [0.2, 0.25) is 0 Å². The molecule has 114 valence electrons. The molecule has 1 unspecified atom stereocenters. The molecular weight excluding hydrogens is 276 g/mol. The summed E-state index contributed by atoms with van der Waals surface area (Å²) in [5, 5.41) is 9.76. The zero-order valence-electron chi connectivity index (χ0n) is 12.7. The molecule has 0 amide bonds. The Kier molecular flexibility index (Phi) is 4.14. The van der Waals surface area contributed by atoms with Gasteiger partial charge in [0, 0.05) is 17.0 Å². The summed E-state index contributed by atoms with van der Waals surface area (Å²) in [6.45, 7) is 2.09. The molecule has 0 saturated carbocycles. The largest absolute Gasteiger partial charge is 0.481 e. The molecule has 1 aliphatic rings. The second-order valence-electron chi connectivity index (χ2n) is 5.74. The molecule has 0 fully saturated rings. The fraction of sp³-hybridized carbons (Fsp3) is 0.316. The van der Waals surface area contributed by atoms with Gasteiger partial charge < -0.3 is 9.84 Å². The maximum Gasteiger partial charge on any atom is 0.307 e. The van der Waals surface area contributed by atoms with Gasteiger partial charge in [-0.05, 0) is 18.6 Å². The van der Waals surface area contributed by atoms with Crippen LogP contribution in [0.5, 0.6) is 11.5 Å². The van der Waals surface area contributed by atoms with E-state index in [4.69, 9.17) is 4.74 Å². The van der Waals surface area contributed by atoms with Gasteiger partial charge in [0.1, 0.15) is 11.5 Å². The predicted molar refractivity (Wildman–Crippen MR) is 85.5 cm³/mol. The maximum absolute atomic E-state index is 11.9. The van der Waals surface area contributed by atoms with Gasteiger partial charge >= 0.3 is 5.97 Å². The van der Waals surface area contributed by atoms with Crippen molar-refractivity contribution in [1.29, 1.82) is 0 Å². The minimum absolute atomic E-state index is 0.148. The lowest BCUT2D eigenvalue weighted by molar-refractivity contribution is -0.142. The second kappa shape index (κ2) is 6.22. The van der Waals surface area contributed by atoms with Crippen LogP contribution in [0, 0.1) is 5.92 Å². The molecule has 0 aliphatic carbocycles. The normalized spacial score (nSPS) is 14.6. The van der Waals surface area contributed by atoms with E-state index >= 15 is 0 Å². The first-order valence-electron chi connectivity index (χ1n) is 7.81. The van der Waals surface area contributed by atoms with E-state index in [1.54, 1.807) is 0 Å². The molecule has 3 nitrogen and oxygen atoms in total. The van der Waals surface area contributed by atoms with Gasteiger partial charge in [0.25, 0.3) is 0 Å². The van der Waals surface area contributed by atoms with Crippen LogP contribution in [0.25, 0.3) is 0 Å². The molecule has 0 bridgehead atoms. The molecule has 0 spiro atoms. The molecule has 2 aromatic carbocycles. The van der Waals surface area contributed by atoms with Crippen LogP contribution in [0.3, 0.4) is 0 Å². The summed E-state index contributed by atoms with van der Waals surface area (Å²) in [5.41, 5.74) is 1.95. The number of hydrogen-bond donors (Lipinski definition) is 1. The van der Waals surface area contributed by atoms with Crippen molar-refractivity contribution in [2.75, 3.05) is 0 Å². The lowest BCUT2D eigenvalue weighted by Gasteiger charge is -2.32. The van der Waals surface area contributed by atoms with Gasteiger partial charge in [0.15, 0.2) is 0 Å². The highest BCUT2D eigenvalue weighted by atomic mass is 16.5. The molecule has 2 aromatic rings. The molecular formula is C19H20O3. The van der Waals surface area contributed by atoms with Crippen LogP contribution in [0.15, 0.2) is 48.5 Å². The number of carbonyl (C=O) groups is 1. The summed E-state index contributed by atoms with van der Waals surface area (Å²) in [6.07, 6.45) is 2.59. The molecule has 0 aromatic heterocycles. The third kappa shape index (κ3) is 2.59. The number of hydrogen-bond acceptors (Lipinski definition) is 2. The van der Waals surface area contributed by atoms with E-state index in [2.05, 4.69) is 6.92 Å². The lowest BCUT2D eigenvalue weighted by Crippen LogP contribution is -2.25. The highest BCUT2D eigenvalue weighted by Gasteiger charge is 2.36. The minimum Gasteiger partial charge on any atom is -0.481 e. The Morgan fingerprint density at radius 1 is 1.09 bits per heavy atom.